The fourth-order valence-corrected chi connectivity index (χ4v) is 11.5. The molecule has 1 spiro atoms. The Labute approximate surface area is 288 Å². The Balaban J connectivity index is 1.16. The van der Waals surface area contributed by atoms with Gasteiger partial charge >= 0.3 is 10.2 Å². The third kappa shape index (κ3) is 4.47. The summed E-state index contributed by atoms with van der Waals surface area (Å²) in [5.74, 6) is 0.660. The van der Waals surface area contributed by atoms with Gasteiger partial charge in [0.05, 0.1) is 18.2 Å². The maximum atomic E-state index is 14.7. The van der Waals surface area contributed by atoms with Crippen molar-refractivity contribution in [1.82, 2.24) is 23.8 Å². The van der Waals surface area contributed by atoms with Crippen LogP contribution in [0.15, 0.2) is 36.4 Å². The number of ether oxygens (including phenoxy) is 1. The van der Waals surface area contributed by atoms with Crippen LogP contribution >= 0.6 is 0 Å². The number of rotatable bonds is 7. The average molecular weight is 686 g/mol. The van der Waals surface area contributed by atoms with Crippen molar-refractivity contribution < 1.29 is 22.7 Å². The van der Waals surface area contributed by atoms with Gasteiger partial charge in [0.1, 0.15) is 5.75 Å². The highest BCUT2D eigenvalue weighted by Gasteiger charge is 2.69. The third-order valence-electron chi connectivity index (χ3n) is 13.6. The van der Waals surface area contributed by atoms with E-state index in [1.165, 1.54) is 51.8 Å². The third-order valence-corrected chi connectivity index (χ3v) is 15.0. The lowest BCUT2D eigenvalue weighted by Crippen LogP contribution is -2.73. The molecule has 1 saturated heterocycles. The van der Waals surface area contributed by atoms with Gasteiger partial charge in [-0.25, -0.2) is 4.72 Å². The summed E-state index contributed by atoms with van der Waals surface area (Å²) in [7, 11) is 2.76. The first-order chi connectivity index (χ1) is 23.5. The number of aromatic nitrogens is 1. The van der Waals surface area contributed by atoms with Gasteiger partial charge < -0.3 is 14.6 Å². The van der Waals surface area contributed by atoms with Crippen LogP contribution in [0.1, 0.15) is 97.5 Å². The zero-order chi connectivity index (χ0) is 34.0. The van der Waals surface area contributed by atoms with Crippen molar-refractivity contribution >= 4 is 32.9 Å². The Morgan fingerprint density at radius 1 is 1.00 bits per heavy atom. The molecular formula is C38H47N5O5S. The van der Waals surface area contributed by atoms with E-state index in [1.54, 1.807) is 13.2 Å². The van der Waals surface area contributed by atoms with E-state index in [-0.39, 0.29) is 23.4 Å². The Morgan fingerprint density at radius 3 is 2.49 bits per heavy atom. The summed E-state index contributed by atoms with van der Waals surface area (Å²) in [6, 6.07) is 13.3. The molecule has 11 heteroatoms. The summed E-state index contributed by atoms with van der Waals surface area (Å²) in [5.41, 5.74) is 5.64. The molecule has 4 saturated carbocycles. The molecular weight excluding hydrogens is 639 g/mol. The summed E-state index contributed by atoms with van der Waals surface area (Å²) in [6.45, 7) is 0.504. The van der Waals surface area contributed by atoms with Crippen LogP contribution in [0.2, 0.25) is 0 Å². The van der Waals surface area contributed by atoms with E-state index < -0.39 is 21.5 Å². The number of fused-ring (bicyclic) bond motifs is 7. The molecule has 6 aliphatic rings. The van der Waals surface area contributed by atoms with Crippen molar-refractivity contribution in [3.63, 3.8) is 0 Å². The summed E-state index contributed by atoms with van der Waals surface area (Å²) in [5, 5.41) is 4.67. The number of amides is 2. The van der Waals surface area contributed by atoms with Crippen LogP contribution in [0.3, 0.4) is 0 Å². The molecule has 2 amide bonds. The number of benzene rings is 2. The van der Waals surface area contributed by atoms with Gasteiger partial charge in [-0.05, 0) is 99.4 Å². The van der Waals surface area contributed by atoms with E-state index in [9.17, 15) is 18.0 Å². The zero-order valence-corrected chi connectivity index (χ0v) is 29.7. The van der Waals surface area contributed by atoms with Gasteiger partial charge in [0.2, 0.25) is 5.91 Å². The number of piperidine rings is 1. The predicted octanol–water partition coefficient (Wildman–Crippen LogP) is 5.13. The monoisotopic (exact) mass is 685 g/mol. The Hall–Kier alpha value is -3.41. The van der Waals surface area contributed by atoms with Crippen LogP contribution in [-0.4, -0.2) is 80.4 Å². The van der Waals surface area contributed by atoms with Crippen molar-refractivity contribution in [3.05, 3.63) is 53.1 Å². The summed E-state index contributed by atoms with van der Waals surface area (Å²) in [6.07, 6.45) is 11.1. The lowest BCUT2D eigenvalue weighted by atomic mass is 9.54. The number of nitrogens with zero attached hydrogens (tertiary/aromatic N) is 3. The largest absolute Gasteiger partial charge is 0.497 e. The van der Waals surface area contributed by atoms with Crippen molar-refractivity contribution in [2.24, 2.45) is 10.8 Å². The van der Waals surface area contributed by atoms with E-state index in [0.29, 0.717) is 30.0 Å². The summed E-state index contributed by atoms with van der Waals surface area (Å²) >= 11 is 0. The number of hydrogen-bond acceptors (Lipinski definition) is 6. The number of hydrogen-bond donors (Lipinski definition) is 2. The lowest BCUT2D eigenvalue weighted by Gasteiger charge is -2.67. The lowest BCUT2D eigenvalue weighted by molar-refractivity contribution is -0.174. The zero-order valence-electron chi connectivity index (χ0n) is 28.9. The average Bonchev–Trinajstić information content (AvgIpc) is 3.60. The highest BCUT2D eigenvalue weighted by Crippen LogP contribution is 2.67. The molecule has 1 aromatic heterocycles. The molecule has 0 radical (unpaired) electrons. The second-order valence-corrected chi connectivity index (χ2v) is 18.0. The molecule has 6 unspecified atom stereocenters. The van der Waals surface area contributed by atoms with E-state index >= 15 is 0 Å². The highest BCUT2D eigenvalue weighted by atomic mass is 32.2. The number of carbonyl (C=O) groups excluding carboxylic acids is 2. The van der Waals surface area contributed by atoms with E-state index in [1.807, 2.05) is 18.2 Å². The summed E-state index contributed by atoms with van der Waals surface area (Å²) < 4.78 is 36.4. The first-order valence-electron chi connectivity index (χ1n) is 18.1. The molecule has 0 bridgehead atoms. The van der Waals surface area contributed by atoms with Crippen LogP contribution in [-0.2, 0) is 21.5 Å². The molecule has 9 rings (SSSR count). The molecule has 10 nitrogen and oxygen atoms in total. The maximum absolute atomic E-state index is 14.7. The molecule has 2 N–H and O–H groups in total. The molecule has 260 valence electrons. The van der Waals surface area contributed by atoms with Crippen LogP contribution in [0.25, 0.3) is 22.2 Å². The fourth-order valence-electron chi connectivity index (χ4n) is 10.9. The Morgan fingerprint density at radius 2 is 1.80 bits per heavy atom. The number of carbonyl (C=O) groups is 2. The van der Waals surface area contributed by atoms with Crippen molar-refractivity contribution in [1.29, 1.82) is 0 Å². The van der Waals surface area contributed by atoms with Crippen LogP contribution < -0.4 is 14.8 Å². The molecule has 4 aliphatic carbocycles. The predicted molar refractivity (Wildman–Crippen MR) is 188 cm³/mol. The maximum Gasteiger partial charge on any atom is 0.303 e. The first-order valence-corrected chi connectivity index (χ1v) is 19.5. The minimum absolute atomic E-state index is 0.0545. The van der Waals surface area contributed by atoms with Crippen LogP contribution in [0, 0.1) is 10.8 Å². The molecule has 6 atom stereocenters. The van der Waals surface area contributed by atoms with Gasteiger partial charge in [-0.3, -0.25) is 14.5 Å². The summed E-state index contributed by atoms with van der Waals surface area (Å²) in [4.78, 5) is 30.6. The highest BCUT2D eigenvalue weighted by molar-refractivity contribution is 7.87. The molecule has 5 fully saturated rings. The van der Waals surface area contributed by atoms with Gasteiger partial charge in [-0.15, -0.1) is 0 Å². The normalized spacial score (nSPS) is 31.7. The fraction of sp³-hybridized carbons (Fsp3) is 0.579. The molecule has 49 heavy (non-hydrogen) atoms. The topological polar surface area (TPSA) is 113 Å². The van der Waals surface area contributed by atoms with Gasteiger partial charge in [-0.2, -0.15) is 12.7 Å². The first kappa shape index (κ1) is 31.6. The van der Waals surface area contributed by atoms with Gasteiger partial charge in [0.25, 0.3) is 5.91 Å². The van der Waals surface area contributed by atoms with Gasteiger partial charge in [0, 0.05) is 72.1 Å². The van der Waals surface area contributed by atoms with Gasteiger partial charge in [-0.1, -0.05) is 25.3 Å². The Bertz CT molecular complexity index is 2020. The van der Waals surface area contributed by atoms with Crippen molar-refractivity contribution in [3.8, 4) is 17.0 Å². The molecule has 3 heterocycles. The van der Waals surface area contributed by atoms with Crippen LogP contribution in [0.5, 0.6) is 5.75 Å². The second kappa shape index (κ2) is 10.8. The molecule has 2 aromatic carbocycles. The SMILES string of the molecule is COc1ccc2c(c1)C1CC1(C(=O)NC1CC3N(C)C4CCC43C1)Cn1c-2c(C2CCCCC2)c2ccc(C(=O)NS(=O)(=O)N(C)C)cc21. The quantitative estimate of drug-likeness (QED) is 0.357. The number of methoxy groups -OCH3 is 1. The molecule has 2 aliphatic heterocycles. The van der Waals surface area contributed by atoms with Gasteiger partial charge in [0.15, 0.2) is 0 Å². The number of nitrogens with one attached hydrogen (secondary N) is 2. The van der Waals surface area contributed by atoms with Crippen molar-refractivity contribution in [2.75, 3.05) is 28.3 Å². The standard InChI is InChI=1S/C38H47N5O5S/c1-41(2)49(46,47)40-35(44)23-10-12-27-30(16-23)43-21-38(36(45)39-24-17-32-37(19-24)15-14-31(37)42(32)3)20-29(38)28-18-25(48-4)11-13-26(28)34(43)33(27)22-8-6-5-7-9-22/h10-13,16,18,22,24,29,31-32H,5-9,14-15,17,19-21H2,1-4H3,(H,39,45)(H,40,44). The second-order valence-electron chi connectivity index (χ2n) is 16.1. The van der Waals surface area contributed by atoms with E-state index in [0.717, 1.165) is 69.9 Å². The minimum Gasteiger partial charge on any atom is -0.497 e. The molecule has 3 aromatic rings. The van der Waals surface area contributed by atoms with Crippen LogP contribution in [0.4, 0.5) is 0 Å². The van der Waals surface area contributed by atoms with E-state index in [4.69, 9.17) is 4.74 Å². The Kier molecular flexibility index (Phi) is 6.95. The van der Waals surface area contributed by atoms with Crippen molar-refractivity contribution in [2.45, 2.75) is 101 Å². The number of likely N-dealkylation sites (tertiary alicyclic amines) is 1. The smallest absolute Gasteiger partial charge is 0.303 e. The van der Waals surface area contributed by atoms with E-state index in [2.05, 4.69) is 38.7 Å². The minimum atomic E-state index is -3.97.